The quantitative estimate of drug-likeness (QED) is 0.735. The van der Waals surface area contributed by atoms with E-state index in [4.69, 9.17) is 0 Å². The molecule has 1 aromatic heterocycles. The Labute approximate surface area is 164 Å². The number of pyridine rings is 1. The summed E-state index contributed by atoms with van der Waals surface area (Å²) in [7, 11) is 0. The van der Waals surface area contributed by atoms with E-state index in [0.29, 0.717) is 16.8 Å². The van der Waals surface area contributed by atoms with E-state index in [1.54, 1.807) is 30.5 Å². The molecule has 5 heteroatoms. The number of nitrogens with one attached hydrogen (secondary N) is 1. The SMILES string of the molecule is O=C(Nc1cccc2cccnc12)c1ccc(C(=O)N2CCCCCC2)cc1. The second-order valence-corrected chi connectivity index (χ2v) is 7.12. The molecule has 2 amide bonds. The zero-order valence-electron chi connectivity index (χ0n) is 15.7. The van der Waals surface area contributed by atoms with E-state index in [1.165, 1.54) is 12.8 Å². The first-order chi connectivity index (χ1) is 13.7. The molecule has 1 aliphatic rings. The summed E-state index contributed by atoms with van der Waals surface area (Å²) in [6.07, 6.45) is 6.20. The Kier molecular flexibility index (Phi) is 5.33. The molecule has 2 aromatic carbocycles. The first-order valence-corrected chi connectivity index (χ1v) is 9.77. The predicted octanol–water partition coefficient (Wildman–Crippen LogP) is 4.50. The van der Waals surface area contributed by atoms with Crippen molar-refractivity contribution in [3.63, 3.8) is 0 Å². The Bertz CT molecular complexity index is 985. The maximum absolute atomic E-state index is 12.7. The van der Waals surface area contributed by atoms with Gasteiger partial charge in [0.25, 0.3) is 11.8 Å². The Morgan fingerprint density at radius 2 is 1.50 bits per heavy atom. The van der Waals surface area contributed by atoms with Crippen LogP contribution in [0.2, 0.25) is 0 Å². The van der Waals surface area contributed by atoms with Gasteiger partial charge < -0.3 is 10.2 Å². The highest BCUT2D eigenvalue weighted by molar-refractivity contribution is 6.08. The minimum absolute atomic E-state index is 0.0483. The number of amides is 2. The van der Waals surface area contributed by atoms with Gasteiger partial charge in [0.2, 0.25) is 0 Å². The molecular weight excluding hydrogens is 350 g/mol. The van der Waals surface area contributed by atoms with Gasteiger partial charge in [-0.05, 0) is 49.2 Å². The van der Waals surface area contributed by atoms with Crippen molar-refractivity contribution in [1.82, 2.24) is 9.88 Å². The number of fused-ring (bicyclic) bond motifs is 1. The molecule has 0 unspecified atom stereocenters. The van der Waals surface area contributed by atoms with Gasteiger partial charge in [-0.15, -0.1) is 0 Å². The number of likely N-dealkylation sites (tertiary alicyclic amines) is 1. The Hall–Kier alpha value is -3.21. The van der Waals surface area contributed by atoms with E-state index in [2.05, 4.69) is 10.3 Å². The van der Waals surface area contributed by atoms with Crippen LogP contribution in [0.5, 0.6) is 0 Å². The van der Waals surface area contributed by atoms with Crippen LogP contribution in [0, 0.1) is 0 Å². The van der Waals surface area contributed by atoms with E-state index in [0.717, 1.165) is 36.8 Å². The predicted molar refractivity (Wildman–Crippen MR) is 111 cm³/mol. The minimum atomic E-state index is -0.216. The summed E-state index contributed by atoms with van der Waals surface area (Å²) in [4.78, 5) is 31.6. The van der Waals surface area contributed by atoms with Gasteiger partial charge in [0.05, 0.1) is 11.2 Å². The molecule has 0 radical (unpaired) electrons. The van der Waals surface area contributed by atoms with Crippen LogP contribution in [0.25, 0.3) is 10.9 Å². The second-order valence-electron chi connectivity index (χ2n) is 7.12. The topological polar surface area (TPSA) is 62.3 Å². The van der Waals surface area contributed by atoms with Crippen molar-refractivity contribution in [3.8, 4) is 0 Å². The van der Waals surface area contributed by atoms with E-state index >= 15 is 0 Å². The molecule has 0 spiro atoms. The molecule has 1 aliphatic heterocycles. The number of hydrogen-bond donors (Lipinski definition) is 1. The minimum Gasteiger partial charge on any atom is -0.339 e. The van der Waals surface area contributed by atoms with Gasteiger partial charge in [-0.3, -0.25) is 14.6 Å². The average Bonchev–Trinajstić information content (AvgIpc) is 3.03. The zero-order valence-corrected chi connectivity index (χ0v) is 15.7. The molecule has 5 nitrogen and oxygen atoms in total. The number of hydrogen-bond acceptors (Lipinski definition) is 3. The maximum atomic E-state index is 12.7. The second kappa shape index (κ2) is 8.21. The molecule has 0 saturated carbocycles. The van der Waals surface area contributed by atoms with Crippen LogP contribution in [-0.4, -0.2) is 34.8 Å². The van der Waals surface area contributed by atoms with Crippen LogP contribution < -0.4 is 5.32 Å². The molecule has 0 atom stereocenters. The molecule has 142 valence electrons. The molecule has 0 aliphatic carbocycles. The average molecular weight is 373 g/mol. The van der Waals surface area contributed by atoms with Crippen molar-refractivity contribution in [2.24, 2.45) is 0 Å². The van der Waals surface area contributed by atoms with E-state index in [1.807, 2.05) is 35.2 Å². The lowest BCUT2D eigenvalue weighted by Gasteiger charge is -2.20. The third kappa shape index (κ3) is 3.88. The third-order valence-corrected chi connectivity index (χ3v) is 5.17. The Balaban J connectivity index is 1.48. The number of aromatic nitrogens is 1. The van der Waals surface area contributed by atoms with Crippen molar-refractivity contribution in [2.75, 3.05) is 18.4 Å². The van der Waals surface area contributed by atoms with Gasteiger partial charge in [-0.25, -0.2) is 0 Å². The van der Waals surface area contributed by atoms with Crippen molar-refractivity contribution in [3.05, 3.63) is 71.9 Å². The number of carbonyl (C=O) groups is 2. The Morgan fingerprint density at radius 3 is 2.25 bits per heavy atom. The summed E-state index contributed by atoms with van der Waals surface area (Å²) in [6, 6.07) is 16.4. The molecule has 4 rings (SSSR count). The van der Waals surface area contributed by atoms with Crippen molar-refractivity contribution >= 4 is 28.4 Å². The number of benzene rings is 2. The number of anilines is 1. The van der Waals surface area contributed by atoms with Crippen LogP contribution in [0.1, 0.15) is 46.4 Å². The molecule has 3 aromatic rings. The normalized spacial score (nSPS) is 14.5. The molecule has 1 saturated heterocycles. The van der Waals surface area contributed by atoms with Crippen LogP contribution in [-0.2, 0) is 0 Å². The van der Waals surface area contributed by atoms with Gasteiger partial charge in [0, 0.05) is 35.8 Å². The Morgan fingerprint density at radius 1 is 0.821 bits per heavy atom. The summed E-state index contributed by atoms with van der Waals surface area (Å²) < 4.78 is 0. The lowest BCUT2D eigenvalue weighted by atomic mass is 10.1. The first-order valence-electron chi connectivity index (χ1n) is 9.77. The van der Waals surface area contributed by atoms with Gasteiger partial charge in [0.15, 0.2) is 0 Å². The van der Waals surface area contributed by atoms with E-state index in [-0.39, 0.29) is 11.8 Å². The summed E-state index contributed by atoms with van der Waals surface area (Å²) in [5.74, 6) is -0.168. The molecular formula is C23H23N3O2. The van der Waals surface area contributed by atoms with Gasteiger partial charge in [-0.1, -0.05) is 31.0 Å². The van der Waals surface area contributed by atoms with E-state index in [9.17, 15) is 9.59 Å². The number of para-hydroxylation sites is 1. The fourth-order valence-corrected chi connectivity index (χ4v) is 3.62. The lowest BCUT2D eigenvalue weighted by molar-refractivity contribution is 0.0761. The van der Waals surface area contributed by atoms with Gasteiger partial charge in [0.1, 0.15) is 0 Å². The van der Waals surface area contributed by atoms with Crippen LogP contribution in [0.3, 0.4) is 0 Å². The van der Waals surface area contributed by atoms with Crippen LogP contribution in [0.4, 0.5) is 5.69 Å². The first kappa shape index (κ1) is 18.2. The number of rotatable bonds is 3. The maximum Gasteiger partial charge on any atom is 0.255 e. The zero-order chi connectivity index (χ0) is 19.3. The van der Waals surface area contributed by atoms with E-state index < -0.39 is 0 Å². The van der Waals surface area contributed by atoms with Crippen LogP contribution >= 0.6 is 0 Å². The third-order valence-electron chi connectivity index (χ3n) is 5.17. The number of carbonyl (C=O) groups excluding carboxylic acids is 2. The largest absolute Gasteiger partial charge is 0.339 e. The van der Waals surface area contributed by atoms with Gasteiger partial charge >= 0.3 is 0 Å². The highest BCUT2D eigenvalue weighted by Gasteiger charge is 2.18. The highest BCUT2D eigenvalue weighted by atomic mass is 16.2. The standard InChI is InChI=1S/C23H23N3O2/c27-22(25-20-9-5-7-17-8-6-14-24-21(17)20)18-10-12-19(13-11-18)23(28)26-15-3-1-2-4-16-26/h5-14H,1-4,15-16H2,(H,25,27). The molecule has 0 bridgehead atoms. The van der Waals surface area contributed by atoms with Crippen molar-refractivity contribution in [1.29, 1.82) is 0 Å². The number of nitrogens with zero attached hydrogens (tertiary/aromatic N) is 2. The highest BCUT2D eigenvalue weighted by Crippen LogP contribution is 2.21. The summed E-state index contributed by atoms with van der Waals surface area (Å²) in [6.45, 7) is 1.63. The lowest BCUT2D eigenvalue weighted by Crippen LogP contribution is -2.31. The molecule has 2 heterocycles. The molecule has 28 heavy (non-hydrogen) atoms. The smallest absolute Gasteiger partial charge is 0.255 e. The van der Waals surface area contributed by atoms with Crippen LogP contribution in [0.15, 0.2) is 60.8 Å². The molecule has 1 fully saturated rings. The summed E-state index contributed by atoms with van der Waals surface area (Å²) in [5.41, 5.74) is 2.57. The van der Waals surface area contributed by atoms with Crippen molar-refractivity contribution in [2.45, 2.75) is 25.7 Å². The van der Waals surface area contributed by atoms with Gasteiger partial charge in [-0.2, -0.15) is 0 Å². The summed E-state index contributed by atoms with van der Waals surface area (Å²) >= 11 is 0. The molecule has 1 N–H and O–H groups in total. The fraction of sp³-hybridized carbons (Fsp3) is 0.261. The monoisotopic (exact) mass is 373 g/mol. The van der Waals surface area contributed by atoms with Crippen molar-refractivity contribution < 1.29 is 9.59 Å². The summed E-state index contributed by atoms with van der Waals surface area (Å²) in [5, 5.41) is 3.90. The fourth-order valence-electron chi connectivity index (χ4n) is 3.62.